The van der Waals surface area contributed by atoms with E-state index in [9.17, 15) is 9.59 Å². The number of rotatable bonds is 5. The van der Waals surface area contributed by atoms with E-state index in [1.54, 1.807) is 36.4 Å². The second-order valence-electron chi connectivity index (χ2n) is 6.96. The molecular formula is C24H23N3O2S. The molecule has 0 bridgehead atoms. The van der Waals surface area contributed by atoms with Gasteiger partial charge in [-0.2, -0.15) is 0 Å². The molecule has 0 saturated carbocycles. The van der Waals surface area contributed by atoms with Gasteiger partial charge in [-0.15, -0.1) is 0 Å². The van der Waals surface area contributed by atoms with Crippen LogP contribution >= 0.6 is 12.2 Å². The molecule has 3 aromatic carbocycles. The van der Waals surface area contributed by atoms with Gasteiger partial charge in [0, 0.05) is 16.8 Å². The van der Waals surface area contributed by atoms with Gasteiger partial charge < -0.3 is 10.6 Å². The minimum atomic E-state index is -0.276. The minimum absolute atomic E-state index is 0.0964. The van der Waals surface area contributed by atoms with Crippen molar-refractivity contribution in [2.75, 3.05) is 5.32 Å². The lowest BCUT2D eigenvalue weighted by atomic mass is 10.1. The number of hydrogen-bond acceptors (Lipinski definition) is 3. The number of benzene rings is 3. The van der Waals surface area contributed by atoms with Gasteiger partial charge in [0.1, 0.15) is 0 Å². The van der Waals surface area contributed by atoms with E-state index in [4.69, 9.17) is 12.2 Å². The Balaban J connectivity index is 1.55. The topological polar surface area (TPSA) is 70.2 Å². The van der Waals surface area contributed by atoms with E-state index in [-0.39, 0.29) is 23.0 Å². The van der Waals surface area contributed by atoms with Crippen LogP contribution in [0.5, 0.6) is 0 Å². The van der Waals surface area contributed by atoms with E-state index >= 15 is 0 Å². The first kappa shape index (κ1) is 21.2. The molecular weight excluding hydrogens is 394 g/mol. The van der Waals surface area contributed by atoms with Crippen molar-refractivity contribution in [2.24, 2.45) is 0 Å². The summed E-state index contributed by atoms with van der Waals surface area (Å²) in [6, 6.07) is 23.9. The average molecular weight is 418 g/mol. The molecule has 0 aromatic heterocycles. The van der Waals surface area contributed by atoms with Gasteiger partial charge in [-0.1, -0.05) is 48.0 Å². The Hall–Kier alpha value is -3.51. The molecule has 0 heterocycles. The maximum absolute atomic E-state index is 12.5. The Labute approximate surface area is 181 Å². The van der Waals surface area contributed by atoms with Crippen molar-refractivity contribution in [3.8, 4) is 0 Å². The summed E-state index contributed by atoms with van der Waals surface area (Å²) in [5.74, 6) is -0.435. The maximum Gasteiger partial charge on any atom is 0.257 e. The van der Waals surface area contributed by atoms with Crippen LogP contribution in [0.25, 0.3) is 0 Å². The van der Waals surface area contributed by atoms with Crippen molar-refractivity contribution in [1.82, 2.24) is 10.6 Å². The summed E-state index contributed by atoms with van der Waals surface area (Å²) in [5.41, 5.74) is 3.80. The molecule has 0 aliphatic heterocycles. The Morgan fingerprint density at radius 3 is 2.20 bits per heavy atom. The summed E-state index contributed by atoms with van der Waals surface area (Å²) in [7, 11) is 0. The van der Waals surface area contributed by atoms with Gasteiger partial charge in [0.05, 0.1) is 6.04 Å². The van der Waals surface area contributed by atoms with Crippen LogP contribution < -0.4 is 16.0 Å². The first-order valence-corrected chi connectivity index (χ1v) is 9.98. The molecule has 0 aliphatic rings. The lowest BCUT2D eigenvalue weighted by Crippen LogP contribution is -2.34. The van der Waals surface area contributed by atoms with Gasteiger partial charge in [0.2, 0.25) is 0 Å². The predicted octanol–water partition coefficient (Wildman–Crippen LogP) is 4.61. The highest BCUT2D eigenvalue weighted by atomic mass is 32.1. The molecule has 1 atom stereocenters. The highest BCUT2D eigenvalue weighted by molar-refractivity contribution is 7.80. The lowest BCUT2D eigenvalue weighted by Gasteiger charge is -2.15. The molecule has 152 valence electrons. The van der Waals surface area contributed by atoms with Crippen LogP contribution in [0, 0.1) is 6.92 Å². The number of aryl methyl sites for hydroxylation is 1. The number of carbonyl (C=O) groups excluding carboxylic acids is 2. The van der Waals surface area contributed by atoms with Crippen molar-refractivity contribution < 1.29 is 9.59 Å². The van der Waals surface area contributed by atoms with Crippen molar-refractivity contribution in [3.63, 3.8) is 0 Å². The van der Waals surface area contributed by atoms with Crippen LogP contribution in [0.4, 0.5) is 5.69 Å². The SMILES string of the molecule is Cc1cccc(C(=O)NC(=S)Nc2ccc(C(=O)NC(C)c3ccccc3)cc2)c1. The quantitative estimate of drug-likeness (QED) is 0.530. The number of amides is 2. The molecule has 3 N–H and O–H groups in total. The van der Waals surface area contributed by atoms with Crippen LogP contribution in [0.1, 0.15) is 44.8 Å². The minimum Gasteiger partial charge on any atom is -0.346 e. The maximum atomic E-state index is 12.5. The average Bonchev–Trinajstić information content (AvgIpc) is 2.74. The van der Waals surface area contributed by atoms with E-state index in [1.807, 2.05) is 56.3 Å². The van der Waals surface area contributed by atoms with Gasteiger partial charge in [0.15, 0.2) is 5.11 Å². The smallest absolute Gasteiger partial charge is 0.257 e. The zero-order valence-corrected chi connectivity index (χ0v) is 17.6. The highest BCUT2D eigenvalue weighted by Crippen LogP contribution is 2.14. The fraction of sp³-hybridized carbons (Fsp3) is 0.125. The molecule has 2 amide bonds. The summed E-state index contributed by atoms with van der Waals surface area (Å²) >= 11 is 5.22. The monoisotopic (exact) mass is 417 g/mol. The third kappa shape index (κ3) is 5.75. The van der Waals surface area contributed by atoms with Gasteiger partial charge in [-0.3, -0.25) is 14.9 Å². The number of carbonyl (C=O) groups is 2. The zero-order chi connectivity index (χ0) is 21.5. The van der Waals surface area contributed by atoms with Gasteiger partial charge in [0.25, 0.3) is 11.8 Å². The molecule has 0 saturated heterocycles. The predicted molar refractivity (Wildman–Crippen MR) is 124 cm³/mol. The lowest BCUT2D eigenvalue weighted by molar-refractivity contribution is 0.0938. The molecule has 0 aliphatic carbocycles. The summed E-state index contributed by atoms with van der Waals surface area (Å²) in [6.07, 6.45) is 0. The molecule has 0 fully saturated rings. The Morgan fingerprint density at radius 1 is 0.833 bits per heavy atom. The summed E-state index contributed by atoms with van der Waals surface area (Å²) in [4.78, 5) is 24.7. The number of hydrogen-bond donors (Lipinski definition) is 3. The molecule has 6 heteroatoms. The largest absolute Gasteiger partial charge is 0.346 e. The number of anilines is 1. The molecule has 1 unspecified atom stereocenters. The fourth-order valence-corrected chi connectivity index (χ4v) is 3.14. The summed E-state index contributed by atoms with van der Waals surface area (Å²) < 4.78 is 0. The third-order valence-electron chi connectivity index (χ3n) is 4.56. The second kappa shape index (κ2) is 9.80. The van der Waals surface area contributed by atoms with Crippen LogP contribution in [0.2, 0.25) is 0 Å². The van der Waals surface area contributed by atoms with Crippen molar-refractivity contribution in [2.45, 2.75) is 19.9 Å². The zero-order valence-electron chi connectivity index (χ0n) is 16.8. The molecule has 5 nitrogen and oxygen atoms in total. The van der Waals surface area contributed by atoms with E-state index < -0.39 is 0 Å². The fourth-order valence-electron chi connectivity index (χ4n) is 2.93. The molecule has 3 rings (SSSR count). The van der Waals surface area contributed by atoms with Crippen molar-refractivity contribution in [3.05, 3.63) is 101 Å². The third-order valence-corrected chi connectivity index (χ3v) is 4.76. The first-order chi connectivity index (χ1) is 14.4. The number of thiocarbonyl (C=S) groups is 1. The van der Waals surface area contributed by atoms with Crippen LogP contribution in [-0.2, 0) is 0 Å². The standard InChI is InChI=1S/C24H23N3O2S/c1-16-7-6-10-20(15-16)23(29)27-24(30)26-21-13-11-19(12-14-21)22(28)25-17(2)18-8-4-3-5-9-18/h3-15,17H,1-2H3,(H,25,28)(H2,26,27,29,30). The van der Waals surface area contributed by atoms with E-state index in [2.05, 4.69) is 16.0 Å². The van der Waals surface area contributed by atoms with Crippen molar-refractivity contribution in [1.29, 1.82) is 0 Å². The molecule has 0 spiro atoms. The van der Waals surface area contributed by atoms with Crippen LogP contribution in [0.15, 0.2) is 78.9 Å². The molecule has 30 heavy (non-hydrogen) atoms. The van der Waals surface area contributed by atoms with E-state index in [0.717, 1.165) is 11.1 Å². The van der Waals surface area contributed by atoms with Crippen LogP contribution in [0.3, 0.4) is 0 Å². The van der Waals surface area contributed by atoms with Gasteiger partial charge >= 0.3 is 0 Å². The van der Waals surface area contributed by atoms with Gasteiger partial charge in [-0.05, 0) is 68.0 Å². The summed E-state index contributed by atoms with van der Waals surface area (Å²) in [6.45, 7) is 3.87. The summed E-state index contributed by atoms with van der Waals surface area (Å²) in [5, 5.41) is 8.78. The highest BCUT2D eigenvalue weighted by Gasteiger charge is 2.12. The van der Waals surface area contributed by atoms with E-state index in [0.29, 0.717) is 16.8 Å². The molecule has 3 aromatic rings. The second-order valence-corrected chi connectivity index (χ2v) is 7.37. The normalized spacial score (nSPS) is 11.3. The molecule has 0 radical (unpaired) electrons. The first-order valence-electron chi connectivity index (χ1n) is 9.57. The van der Waals surface area contributed by atoms with Gasteiger partial charge in [-0.25, -0.2) is 0 Å². The van der Waals surface area contributed by atoms with E-state index in [1.165, 1.54) is 0 Å². The Kier molecular flexibility index (Phi) is 6.93. The Morgan fingerprint density at radius 2 is 1.53 bits per heavy atom. The van der Waals surface area contributed by atoms with Crippen LogP contribution in [-0.4, -0.2) is 16.9 Å². The Bertz CT molecular complexity index is 1050. The number of nitrogens with one attached hydrogen (secondary N) is 3. The van der Waals surface area contributed by atoms with Crippen molar-refractivity contribution >= 4 is 34.8 Å².